The number of rotatable bonds is 5. The van der Waals surface area contributed by atoms with Crippen LogP contribution in [0.5, 0.6) is 0 Å². The van der Waals surface area contributed by atoms with Gasteiger partial charge in [0.25, 0.3) is 0 Å². The summed E-state index contributed by atoms with van der Waals surface area (Å²) in [5.41, 5.74) is -0.504. The summed E-state index contributed by atoms with van der Waals surface area (Å²) in [6, 6.07) is 0. The third-order valence-electron chi connectivity index (χ3n) is 3.40. The monoisotopic (exact) mass is 212 g/mol. The van der Waals surface area contributed by atoms with Crippen LogP contribution in [0.4, 0.5) is 0 Å². The number of ketones is 1. The van der Waals surface area contributed by atoms with Crippen molar-refractivity contribution in [2.24, 2.45) is 5.92 Å². The van der Waals surface area contributed by atoms with Gasteiger partial charge in [0.05, 0.1) is 0 Å². The van der Waals surface area contributed by atoms with Gasteiger partial charge < -0.3 is 9.47 Å². The molecule has 0 spiro atoms. The maximum atomic E-state index is 12.2. The van der Waals surface area contributed by atoms with E-state index in [-0.39, 0.29) is 0 Å². The maximum Gasteiger partial charge on any atom is 0.165 e. The van der Waals surface area contributed by atoms with Gasteiger partial charge >= 0.3 is 0 Å². The zero-order chi connectivity index (χ0) is 10.7. The minimum atomic E-state index is -0.504. The van der Waals surface area contributed by atoms with Crippen molar-refractivity contribution in [3.05, 3.63) is 0 Å². The molecule has 2 fully saturated rings. The van der Waals surface area contributed by atoms with Crippen molar-refractivity contribution in [1.82, 2.24) is 0 Å². The first-order valence-corrected chi connectivity index (χ1v) is 6.02. The van der Waals surface area contributed by atoms with Crippen molar-refractivity contribution < 1.29 is 14.3 Å². The van der Waals surface area contributed by atoms with Crippen molar-refractivity contribution in [1.29, 1.82) is 0 Å². The molecule has 3 heteroatoms. The Balaban J connectivity index is 1.98. The van der Waals surface area contributed by atoms with Gasteiger partial charge in [0, 0.05) is 39.1 Å². The van der Waals surface area contributed by atoms with Crippen LogP contribution in [0.3, 0.4) is 0 Å². The molecule has 1 saturated carbocycles. The lowest BCUT2D eigenvalue weighted by molar-refractivity contribution is -0.157. The van der Waals surface area contributed by atoms with Crippen LogP contribution >= 0.6 is 0 Å². The van der Waals surface area contributed by atoms with Crippen LogP contribution in [0.15, 0.2) is 0 Å². The number of hydrogen-bond donors (Lipinski definition) is 0. The summed E-state index contributed by atoms with van der Waals surface area (Å²) >= 11 is 0. The molecule has 1 saturated heterocycles. The van der Waals surface area contributed by atoms with Crippen molar-refractivity contribution in [3.8, 4) is 0 Å². The van der Waals surface area contributed by atoms with Gasteiger partial charge in [-0.05, 0) is 25.7 Å². The molecule has 3 nitrogen and oxygen atoms in total. The number of carbonyl (C=O) groups is 1. The van der Waals surface area contributed by atoms with Crippen LogP contribution in [-0.4, -0.2) is 31.2 Å². The normalized spacial score (nSPS) is 25.1. The highest BCUT2D eigenvalue weighted by Gasteiger charge is 2.42. The summed E-state index contributed by atoms with van der Waals surface area (Å²) in [7, 11) is 0. The van der Waals surface area contributed by atoms with Crippen LogP contribution in [0.2, 0.25) is 0 Å². The molecule has 0 aromatic rings. The molecule has 0 unspecified atom stereocenters. The molecule has 1 heterocycles. The first-order valence-electron chi connectivity index (χ1n) is 6.02. The SMILES string of the molecule is CCOC1(C(=O)CC2CC2)CCOCC1. The lowest BCUT2D eigenvalue weighted by Crippen LogP contribution is -2.46. The van der Waals surface area contributed by atoms with Crippen LogP contribution < -0.4 is 0 Å². The third-order valence-corrected chi connectivity index (χ3v) is 3.40. The fraction of sp³-hybridized carbons (Fsp3) is 0.917. The molecule has 0 aromatic heterocycles. The Morgan fingerprint density at radius 3 is 2.60 bits per heavy atom. The van der Waals surface area contributed by atoms with Gasteiger partial charge in [-0.15, -0.1) is 0 Å². The Kier molecular flexibility index (Phi) is 3.42. The van der Waals surface area contributed by atoms with E-state index >= 15 is 0 Å². The quantitative estimate of drug-likeness (QED) is 0.698. The van der Waals surface area contributed by atoms with E-state index in [0.717, 1.165) is 19.3 Å². The van der Waals surface area contributed by atoms with Crippen LogP contribution in [-0.2, 0) is 14.3 Å². The van der Waals surface area contributed by atoms with E-state index in [1.54, 1.807) is 0 Å². The molecular weight excluding hydrogens is 192 g/mol. The van der Waals surface area contributed by atoms with Gasteiger partial charge in [0.2, 0.25) is 0 Å². The van der Waals surface area contributed by atoms with E-state index in [4.69, 9.17) is 9.47 Å². The van der Waals surface area contributed by atoms with E-state index in [2.05, 4.69) is 0 Å². The molecule has 1 aliphatic heterocycles. The Hall–Kier alpha value is -0.410. The van der Waals surface area contributed by atoms with Gasteiger partial charge in [0.15, 0.2) is 5.78 Å². The molecule has 2 aliphatic rings. The van der Waals surface area contributed by atoms with Gasteiger partial charge in [-0.25, -0.2) is 0 Å². The minimum absolute atomic E-state index is 0.315. The molecule has 0 radical (unpaired) electrons. The molecule has 0 aromatic carbocycles. The van der Waals surface area contributed by atoms with Gasteiger partial charge in [-0.3, -0.25) is 4.79 Å². The van der Waals surface area contributed by atoms with Crippen molar-refractivity contribution in [2.75, 3.05) is 19.8 Å². The summed E-state index contributed by atoms with van der Waals surface area (Å²) in [4.78, 5) is 12.2. The summed E-state index contributed by atoms with van der Waals surface area (Å²) in [5, 5.41) is 0. The van der Waals surface area contributed by atoms with E-state index in [0.29, 0.717) is 31.5 Å². The van der Waals surface area contributed by atoms with Gasteiger partial charge in [-0.2, -0.15) is 0 Å². The zero-order valence-corrected chi connectivity index (χ0v) is 9.46. The first kappa shape index (κ1) is 11.1. The fourth-order valence-electron chi connectivity index (χ4n) is 2.25. The predicted octanol–water partition coefficient (Wildman–Crippen LogP) is 1.94. The topological polar surface area (TPSA) is 35.5 Å². The number of Topliss-reactive ketones (excluding diaryl/α,β-unsaturated/α-hetero) is 1. The van der Waals surface area contributed by atoms with Gasteiger partial charge in [-0.1, -0.05) is 0 Å². The summed E-state index contributed by atoms with van der Waals surface area (Å²) in [6.45, 7) is 3.91. The first-order chi connectivity index (χ1) is 7.27. The highest BCUT2D eigenvalue weighted by atomic mass is 16.5. The molecular formula is C12H20O3. The van der Waals surface area contributed by atoms with Gasteiger partial charge in [0.1, 0.15) is 5.60 Å². The lowest BCUT2D eigenvalue weighted by atomic mass is 9.86. The predicted molar refractivity (Wildman–Crippen MR) is 56.8 cm³/mol. The molecule has 0 bridgehead atoms. The Bertz CT molecular complexity index is 222. The lowest BCUT2D eigenvalue weighted by Gasteiger charge is -2.35. The number of ether oxygens (including phenoxy) is 2. The molecule has 2 rings (SSSR count). The van der Waals surface area contributed by atoms with E-state index in [1.165, 1.54) is 12.8 Å². The molecule has 15 heavy (non-hydrogen) atoms. The number of carbonyl (C=O) groups excluding carboxylic acids is 1. The van der Waals surface area contributed by atoms with E-state index < -0.39 is 5.60 Å². The highest BCUT2D eigenvalue weighted by molar-refractivity contribution is 5.87. The maximum absolute atomic E-state index is 12.2. The van der Waals surface area contributed by atoms with Crippen molar-refractivity contribution >= 4 is 5.78 Å². The molecule has 0 amide bonds. The molecule has 1 aliphatic carbocycles. The Morgan fingerprint density at radius 2 is 2.07 bits per heavy atom. The molecule has 86 valence electrons. The fourth-order valence-corrected chi connectivity index (χ4v) is 2.25. The Morgan fingerprint density at radius 1 is 1.40 bits per heavy atom. The summed E-state index contributed by atoms with van der Waals surface area (Å²) in [6.07, 6.45) is 4.66. The summed E-state index contributed by atoms with van der Waals surface area (Å²) in [5.74, 6) is 0.966. The number of hydrogen-bond acceptors (Lipinski definition) is 3. The van der Waals surface area contributed by atoms with Crippen LogP contribution in [0, 0.1) is 5.92 Å². The second-order valence-electron chi connectivity index (χ2n) is 4.61. The largest absolute Gasteiger partial charge is 0.381 e. The average Bonchev–Trinajstić information content (AvgIpc) is 3.03. The third kappa shape index (κ3) is 2.58. The smallest absolute Gasteiger partial charge is 0.165 e. The standard InChI is InChI=1S/C12H20O3/c1-2-15-12(5-7-14-8-6-12)11(13)9-10-3-4-10/h10H,2-9H2,1H3. The minimum Gasteiger partial charge on any atom is -0.381 e. The van der Waals surface area contributed by atoms with Crippen LogP contribution in [0.25, 0.3) is 0 Å². The highest BCUT2D eigenvalue weighted by Crippen LogP contribution is 2.37. The van der Waals surface area contributed by atoms with E-state index in [1.807, 2.05) is 6.92 Å². The second-order valence-corrected chi connectivity index (χ2v) is 4.61. The van der Waals surface area contributed by atoms with Crippen molar-refractivity contribution in [3.63, 3.8) is 0 Å². The zero-order valence-electron chi connectivity index (χ0n) is 9.46. The van der Waals surface area contributed by atoms with Crippen molar-refractivity contribution in [2.45, 2.75) is 44.6 Å². The summed E-state index contributed by atoms with van der Waals surface area (Å²) < 4.78 is 11.0. The van der Waals surface area contributed by atoms with Crippen LogP contribution in [0.1, 0.15) is 39.0 Å². The van der Waals surface area contributed by atoms with E-state index in [9.17, 15) is 4.79 Å². The Labute approximate surface area is 91.1 Å². The average molecular weight is 212 g/mol. The second kappa shape index (κ2) is 4.62. The molecule has 0 atom stereocenters. The molecule has 0 N–H and O–H groups in total.